The van der Waals surface area contributed by atoms with Gasteiger partial charge in [-0.05, 0) is 172 Å². The second kappa shape index (κ2) is 27.4. The Morgan fingerprint density at radius 1 is 0.359 bits per heavy atom. The summed E-state index contributed by atoms with van der Waals surface area (Å²) >= 11 is 0. The van der Waals surface area contributed by atoms with Crippen LogP contribution in [0.15, 0.2) is 146 Å². The highest BCUT2D eigenvalue weighted by Gasteiger charge is 2.22. The number of rotatable bonds is 10. The van der Waals surface area contributed by atoms with Gasteiger partial charge in [-0.3, -0.25) is 0 Å². The molecule has 0 spiro atoms. The number of hydrogen-bond acceptors (Lipinski definition) is 0. The molecule has 4 aromatic heterocycles. The van der Waals surface area contributed by atoms with Gasteiger partial charge < -0.3 is 0 Å². The van der Waals surface area contributed by atoms with E-state index in [4.69, 9.17) is 5.48 Å². The third kappa shape index (κ3) is 17.8. The van der Waals surface area contributed by atoms with Crippen molar-refractivity contribution in [3.8, 4) is 45.0 Å². The van der Waals surface area contributed by atoms with Crippen LogP contribution in [0.2, 0.25) is 0 Å². The molecule has 0 saturated carbocycles. The first-order valence-electron chi connectivity index (χ1n) is 30.3. The van der Waals surface area contributed by atoms with Crippen molar-refractivity contribution >= 4 is 0 Å². The van der Waals surface area contributed by atoms with Crippen LogP contribution in [0.4, 0.5) is 0 Å². The summed E-state index contributed by atoms with van der Waals surface area (Å²) < 4.78 is 42.3. The fourth-order valence-electron chi connectivity index (χ4n) is 10.0. The molecular weight excluding hydrogens is 945 g/mol. The molecule has 4 aromatic carbocycles. The summed E-state index contributed by atoms with van der Waals surface area (Å²) in [6.07, 6.45) is 8.04. The lowest BCUT2D eigenvalue weighted by atomic mass is 9.87. The molecule has 0 unspecified atom stereocenters. The van der Waals surface area contributed by atoms with Crippen molar-refractivity contribution in [1.82, 2.24) is 0 Å². The highest BCUT2D eigenvalue weighted by Crippen LogP contribution is 2.29. The molecule has 0 atom stereocenters. The minimum atomic E-state index is -1.38. The Kier molecular flexibility index (Phi) is 19.7. The molecule has 0 fully saturated rings. The van der Waals surface area contributed by atoms with E-state index in [0.29, 0.717) is 11.3 Å². The third-order valence-electron chi connectivity index (χ3n) is 14.1. The van der Waals surface area contributed by atoms with Crippen molar-refractivity contribution in [3.63, 3.8) is 0 Å². The maximum absolute atomic E-state index is 8.53. The summed E-state index contributed by atoms with van der Waals surface area (Å²) in [5.41, 5.74) is 24.0. The Balaban J connectivity index is 0.000000201. The van der Waals surface area contributed by atoms with Gasteiger partial charge in [0.1, 0.15) is 28.2 Å². The minimum absolute atomic E-state index is 0.0551. The van der Waals surface area contributed by atoms with Crippen molar-refractivity contribution in [2.75, 3.05) is 0 Å². The van der Waals surface area contributed by atoms with Crippen LogP contribution in [-0.2, 0) is 53.8 Å². The molecule has 0 aliphatic heterocycles. The second-order valence-electron chi connectivity index (χ2n) is 25.0. The zero-order chi connectivity index (χ0) is 61.4. The van der Waals surface area contributed by atoms with Gasteiger partial charge in [-0.1, -0.05) is 142 Å². The van der Waals surface area contributed by atoms with Crippen LogP contribution in [-0.4, -0.2) is 0 Å². The van der Waals surface area contributed by atoms with E-state index in [9.17, 15) is 0 Å². The Morgan fingerprint density at radius 2 is 0.641 bits per heavy atom. The highest BCUT2D eigenvalue weighted by atomic mass is 14.9. The zero-order valence-electron chi connectivity index (χ0n) is 56.2. The lowest BCUT2D eigenvalue weighted by molar-refractivity contribution is -0.661. The molecule has 412 valence electrons. The van der Waals surface area contributed by atoms with Crippen LogP contribution in [0.3, 0.4) is 0 Å². The van der Waals surface area contributed by atoms with Gasteiger partial charge in [-0.15, -0.1) is 0 Å². The molecule has 0 amide bonds. The lowest BCUT2D eigenvalue weighted by Gasteiger charge is -2.19. The van der Waals surface area contributed by atoms with E-state index in [2.05, 4.69) is 209 Å². The standard InChI is InChI=1S/2C19H26N.2C18H24N/c2*1-14-9-7-8-10-17(14)18-11-15(2)16(13-20(18)6)12-19(3,4)5;2*1-13(2)10-16-12-19(5)18(11-15(16)4)17-9-7-6-8-14(17)3/h2*7-11,13H,12H2,1-6H3;2*6-9,11-13H,10H2,1-5H3/q4*+1/i12D2;;10D2;. The molecular formula is C74H100N4+4. The molecule has 0 bridgehead atoms. The van der Waals surface area contributed by atoms with Gasteiger partial charge >= 0.3 is 0 Å². The average molecular weight is 1050 g/mol. The molecule has 0 N–H and O–H groups in total. The second-order valence-corrected chi connectivity index (χ2v) is 25.0. The van der Waals surface area contributed by atoms with E-state index in [0.717, 1.165) is 46.5 Å². The molecule has 8 aromatic rings. The Hall–Kier alpha value is -6.52. The van der Waals surface area contributed by atoms with E-state index in [-0.39, 0.29) is 5.92 Å². The monoisotopic (exact) mass is 1050 g/mol. The molecule has 8 rings (SSSR count). The van der Waals surface area contributed by atoms with E-state index in [1.54, 1.807) is 0 Å². The van der Waals surface area contributed by atoms with Gasteiger partial charge in [0.15, 0.2) is 24.8 Å². The maximum Gasteiger partial charge on any atom is 0.212 e. The van der Waals surface area contributed by atoms with Crippen LogP contribution < -0.4 is 18.3 Å². The van der Waals surface area contributed by atoms with Crippen molar-refractivity contribution in [2.24, 2.45) is 50.9 Å². The molecule has 0 aliphatic rings. The van der Waals surface area contributed by atoms with Gasteiger partial charge in [0.25, 0.3) is 0 Å². The van der Waals surface area contributed by atoms with Crippen LogP contribution in [0.25, 0.3) is 45.0 Å². The van der Waals surface area contributed by atoms with E-state index >= 15 is 0 Å². The number of benzene rings is 4. The number of hydrogen-bond donors (Lipinski definition) is 0. The molecule has 4 heterocycles. The van der Waals surface area contributed by atoms with E-state index in [1.807, 2.05) is 108 Å². The summed E-state index contributed by atoms with van der Waals surface area (Å²) in [6, 6.07) is 42.6. The Bertz CT molecular complexity index is 3480. The van der Waals surface area contributed by atoms with E-state index in [1.165, 1.54) is 78.1 Å². The quantitative estimate of drug-likeness (QED) is 0.121. The first-order valence-corrected chi connectivity index (χ1v) is 28.3. The predicted molar refractivity (Wildman–Crippen MR) is 334 cm³/mol. The number of aromatic nitrogens is 4. The fraction of sp³-hybridized carbons (Fsp3) is 0.405. The Labute approximate surface area is 480 Å². The van der Waals surface area contributed by atoms with E-state index < -0.39 is 18.2 Å². The largest absolute Gasteiger partial charge is 0.212 e. The molecule has 78 heavy (non-hydrogen) atoms. The first kappa shape index (κ1) is 56.2. The summed E-state index contributed by atoms with van der Waals surface area (Å²) in [6.45, 7) is 38.1. The van der Waals surface area contributed by atoms with Gasteiger partial charge in [0.2, 0.25) is 22.8 Å². The highest BCUT2D eigenvalue weighted by molar-refractivity contribution is 5.64. The fourth-order valence-corrected chi connectivity index (χ4v) is 10.0. The Morgan fingerprint density at radius 3 is 0.949 bits per heavy atom. The predicted octanol–water partition coefficient (Wildman–Crippen LogP) is 16.8. The first-order chi connectivity index (χ1) is 38.1. The van der Waals surface area contributed by atoms with Gasteiger partial charge in [-0.2, -0.15) is 0 Å². The SMILES string of the molecule is Cc1cc(-c2ccccc2C)[n+](C)cc1CC(C)(C)C.Cc1cc(-c2ccccc2C)[n+](C)cc1CC(C)C.[2H]C([2H])(c1c[n+](C)c(-c2ccccc2C)cc1C)C(C)(C)C.[2H]C([2H])(c1c[n+](C)c(-c2ccccc2C)cc1C)C(C)C. The van der Waals surface area contributed by atoms with Crippen LogP contribution in [0.5, 0.6) is 0 Å². The minimum Gasteiger partial charge on any atom is -0.201 e. The third-order valence-corrected chi connectivity index (χ3v) is 14.1. The molecule has 0 aliphatic carbocycles. The maximum atomic E-state index is 8.53. The number of aryl methyl sites for hydroxylation is 12. The normalized spacial score (nSPS) is 12.5. The van der Waals surface area contributed by atoms with Crippen molar-refractivity contribution in [3.05, 3.63) is 213 Å². The number of pyridine rings is 4. The zero-order valence-corrected chi connectivity index (χ0v) is 52.2. The summed E-state index contributed by atoms with van der Waals surface area (Å²) in [4.78, 5) is 0. The summed E-state index contributed by atoms with van der Waals surface area (Å²) in [5, 5.41) is 0. The molecule has 4 nitrogen and oxygen atoms in total. The lowest BCUT2D eigenvalue weighted by Crippen LogP contribution is -2.32. The average Bonchev–Trinajstić information content (AvgIpc) is 3.59. The smallest absolute Gasteiger partial charge is 0.201 e. The molecule has 4 heteroatoms. The molecule has 0 saturated heterocycles. The van der Waals surface area contributed by atoms with Crippen molar-refractivity contribution < 1.29 is 23.8 Å². The summed E-state index contributed by atoms with van der Waals surface area (Å²) in [5.74, 6) is 0.642. The van der Waals surface area contributed by atoms with Crippen LogP contribution in [0.1, 0.15) is 141 Å². The van der Waals surface area contributed by atoms with Gasteiger partial charge in [0, 0.05) is 74.3 Å². The topological polar surface area (TPSA) is 15.5 Å². The van der Waals surface area contributed by atoms with Crippen LogP contribution in [0, 0.1) is 78.1 Å². The summed E-state index contributed by atoms with van der Waals surface area (Å²) in [7, 11) is 8.27. The van der Waals surface area contributed by atoms with Crippen molar-refractivity contribution in [1.29, 1.82) is 0 Å². The van der Waals surface area contributed by atoms with Crippen LogP contribution >= 0.6 is 0 Å². The van der Waals surface area contributed by atoms with Gasteiger partial charge in [-0.25, -0.2) is 18.3 Å². The molecule has 0 radical (unpaired) electrons. The number of nitrogens with zero attached hydrogens (tertiary/aromatic N) is 4. The van der Waals surface area contributed by atoms with Gasteiger partial charge in [0.05, 0.1) is 0 Å². The van der Waals surface area contributed by atoms with Crippen molar-refractivity contribution in [2.45, 2.75) is 150 Å².